The smallest absolute Gasteiger partial charge is 0.348 e. The number of thiophene rings is 1. The molecule has 0 unspecified atom stereocenters. The lowest BCUT2D eigenvalue weighted by Gasteiger charge is -1.96. The van der Waals surface area contributed by atoms with Gasteiger partial charge in [0.25, 0.3) is 0 Å². The molecule has 0 bridgehead atoms. The lowest BCUT2D eigenvalue weighted by Crippen LogP contribution is -2.15. The van der Waals surface area contributed by atoms with E-state index in [0.717, 1.165) is 4.88 Å². The number of hydrogen-bond donors (Lipinski definition) is 2. The SMILES string of the molecule is Cc1cc(C(=O)O)c(-n2cn[nH]c2=O)s1. The summed E-state index contributed by atoms with van der Waals surface area (Å²) < 4.78 is 1.18. The lowest BCUT2D eigenvalue weighted by atomic mass is 10.3. The average molecular weight is 225 g/mol. The Bertz CT molecular complexity index is 566. The molecule has 0 aliphatic rings. The van der Waals surface area contributed by atoms with E-state index in [0.29, 0.717) is 5.00 Å². The summed E-state index contributed by atoms with van der Waals surface area (Å²) in [5.41, 5.74) is -0.333. The second-order valence-electron chi connectivity index (χ2n) is 2.91. The van der Waals surface area contributed by atoms with E-state index in [-0.39, 0.29) is 5.56 Å². The first-order chi connectivity index (χ1) is 7.09. The molecule has 2 heterocycles. The molecule has 0 aliphatic heterocycles. The first-order valence-corrected chi connectivity index (χ1v) is 4.87. The number of aromatic nitrogens is 3. The van der Waals surface area contributed by atoms with E-state index >= 15 is 0 Å². The standard InChI is InChI=1S/C8H7N3O3S/c1-4-2-5(7(12)13)6(15-4)11-3-9-10-8(11)14/h2-3H,1H3,(H,10,14)(H,12,13). The van der Waals surface area contributed by atoms with Gasteiger partial charge in [0.05, 0.1) is 5.56 Å². The number of nitrogens with zero attached hydrogens (tertiary/aromatic N) is 2. The molecule has 2 aromatic rings. The monoisotopic (exact) mass is 225 g/mol. The van der Waals surface area contributed by atoms with Gasteiger partial charge in [0.1, 0.15) is 11.3 Å². The quantitative estimate of drug-likeness (QED) is 0.784. The van der Waals surface area contributed by atoms with Crippen LogP contribution in [0.2, 0.25) is 0 Å². The molecule has 0 aliphatic carbocycles. The van der Waals surface area contributed by atoms with Gasteiger partial charge in [-0.05, 0) is 13.0 Å². The Hall–Kier alpha value is -1.89. The maximum Gasteiger partial charge on any atom is 0.348 e. The largest absolute Gasteiger partial charge is 0.478 e. The molecule has 6 nitrogen and oxygen atoms in total. The molecule has 0 saturated heterocycles. The third-order valence-electron chi connectivity index (χ3n) is 1.84. The summed E-state index contributed by atoms with van der Waals surface area (Å²) in [6.07, 6.45) is 1.26. The Balaban J connectivity index is 2.67. The van der Waals surface area contributed by atoms with Crippen molar-refractivity contribution in [2.24, 2.45) is 0 Å². The van der Waals surface area contributed by atoms with Crippen LogP contribution < -0.4 is 5.69 Å². The zero-order valence-electron chi connectivity index (χ0n) is 7.72. The van der Waals surface area contributed by atoms with Crippen molar-refractivity contribution in [3.63, 3.8) is 0 Å². The topological polar surface area (TPSA) is 88.0 Å². The van der Waals surface area contributed by atoms with Crippen LogP contribution in [0, 0.1) is 6.92 Å². The van der Waals surface area contributed by atoms with E-state index in [9.17, 15) is 9.59 Å². The fraction of sp³-hybridized carbons (Fsp3) is 0.125. The minimum atomic E-state index is -1.05. The summed E-state index contributed by atoms with van der Waals surface area (Å²) in [6.45, 7) is 1.78. The maximum atomic E-state index is 11.3. The number of aryl methyl sites for hydroxylation is 1. The number of aromatic carboxylic acids is 1. The van der Waals surface area contributed by atoms with Crippen molar-refractivity contribution in [3.05, 3.63) is 33.3 Å². The first-order valence-electron chi connectivity index (χ1n) is 4.05. The van der Waals surface area contributed by atoms with Crippen molar-refractivity contribution in [2.45, 2.75) is 6.92 Å². The molecular formula is C8H7N3O3S. The van der Waals surface area contributed by atoms with Crippen LogP contribution in [0.3, 0.4) is 0 Å². The van der Waals surface area contributed by atoms with Gasteiger partial charge in [-0.3, -0.25) is 0 Å². The van der Waals surface area contributed by atoms with Gasteiger partial charge in [-0.1, -0.05) is 0 Å². The summed E-state index contributed by atoms with van der Waals surface area (Å²) in [6, 6.07) is 1.53. The predicted octanol–water partition coefficient (Wildman–Crippen LogP) is 0.629. The van der Waals surface area contributed by atoms with Crippen LogP contribution in [0.15, 0.2) is 17.2 Å². The van der Waals surface area contributed by atoms with Gasteiger partial charge in [0, 0.05) is 4.88 Å². The number of hydrogen-bond acceptors (Lipinski definition) is 4. The number of carbonyl (C=O) groups is 1. The Morgan fingerprint density at radius 3 is 2.93 bits per heavy atom. The molecule has 7 heteroatoms. The molecule has 0 radical (unpaired) electrons. The highest BCUT2D eigenvalue weighted by Gasteiger charge is 2.16. The van der Waals surface area contributed by atoms with E-state index in [4.69, 9.17) is 5.11 Å². The maximum absolute atomic E-state index is 11.3. The number of aromatic amines is 1. The van der Waals surface area contributed by atoms with E-state index in [2.05, 4.69) is 10.2 Å². The van der Waals surface area contributed by atoms with Gasteiger partial charge < -0.3 is 5.11 Å². The van der Waals surface area contributed by atoms with Gasteiger partial charge in [0.2, 0.25) is 0 Å². The summed E-state index contributed by atoms with van der Waals surface area (Å²) in [5, 5.41) is 15.1. The second kappa shape index (κ2) is 3.35. The number of nitrogens with one attached hydrogen (secondary N) is 1. The van der Waals surface area contributed by atoms with Crippen molar-refractivity contribution < 1.29 is 9.90 Å². The van der Waals surface area contributed by atoms with Crippen molar-refractivity contribution in [1.82, 2.24) is 14.8 Å². The third-order valence-corrected chi connectivity index (χ3v) is 2.89. The fourth-order valence-electron chi connectivity index (χ4n) is 1.23. The molecule has 78 valence electrons. The molecule has 0 spiro atoms. The highest BCUT2D eigenvalue weighted by atomic mass is 32.1. The van der Waals surface area contributed by atoms with E-state index < -0.39 is 11.7 Å². The third kappa shape index (κ3) is 1.57. The molecule has 2 aromatic heterocycles. The molecule has 2 rings (SSSR count). The summed E-state index contributed by atoms with van der Waals surface area (Å²) in [7, 11) is 0. The van der Waals surface area contributed by atoms with Crippen LogP contribution in [0.5, 0.6) is 0 Å². The molecule has 0 atom stereocenters. The number of rotatable bonds is 2. The highest BCUT2D eigenvalue weighted by molar-refractivity contribution is 7.14. The lowest BCUT2D eigenvalue weighted by molar-refractivity contribution is 0.0697. The molecule has 15 heavy (non-hydrogen) atoms. The van der Waals surface area contributed by atoms with Crippen LogP contribution in [0.25, 0.3) is 5.00 Å². The first kappa shape index (κ1) is 9.66. The molecule has 2 N–H and O–H groups in total. The average Bonchev–Trinajstić information content (AvgIpc) is 2.71. The van der Waals surface area contributed by atoms with Gasteiger partial charge in [0.15, 0.2) is 0 Å². The minimum absolute atomic E-state index is 0.112. The molecule has 0 saturated carbocycles. The van der Waals surface area contributed by atoms with E-state index in [1.807, 2.05) is 0 Å². The van der Waals surface area contributed by atoms with Gasteiger partial charge >= 0.3 is 11.7 Å². The summed E-state index contributed by atoms with van der Waals surface area (Å²) >= 11 is 1.24. The number of carboxylic acid groups (broad SMARTS) is 1. The van der Waals surface area contributed by atoms with Gasteiger partial charge in [-0.2, -0.15) is 5.10 Å². The van der Waals surface area contributed by atoms with Gasteiger partial charge in [-0.15, -0.1) is 11.3 Å². The fourth-order valence-corrected chi connectivity index (χ4v) is 2.19. The Kier molecular flexibility index (Phi) is 2.16. The van der Waals surface area contributed by atoms with E-state index in [1.165, 1.54) is 28.3 Å². The summed E-state index contributed by atoms with van der Waals surface area (Å²) in [4.78, 5) is 23.0. The molecular weight excluding hydrogens is 218 g/mol. The van der Waals surface area contributed by atoms with Crippen molar-refractivity contribution >= 4 is 17.3 Å². The highest BCUT2D eigenvalue weighted by Crippen LogP contribution is 2.24. The number of H-pyrrole nitrogens is 1. The van der Waals surface area contributed by atoms with Crippen LogP contribution in [-0.4, -0.2) is 25.8 Å². The molecule has 0 fully saturated rings. The van der Waals surface area contributed by atoms with Crippen LogP contribution in [0.1, 0.15) is 15.2 Å². The predicted molar refractivity (Wildman–Crippen MR) is 53.8 cm³/mol. The van der Waals surface area contributed by atoms with Crippen molar-refractivity contribution in [1.29, 1.82) is 0 Å². The second-order valence-corrected chi connectivity index (χ2v) is 4.15. The zero-order valence-corrected chi connectivity index (χ0v) is 8.54. The normalized spacial score (nSPS) is 10.5. The zero-order chi connectivity index (χ0) is 11.0. The van der Waals surface area contributed by atoms with Gasteiger partial charge in [-0.25, -0.2) is 19.3 Å². The molecule has 0 amide bonds. The Labute approximate surface area is 87.8 Å². The minimum Gasteiger partial charge on any atom is -0.478 e. The van der Waals surface area contributed by atoms with Crippen molar-refractivity contribution in [3.8, 4) is 5.00 Å². The van der Waals surface area contributed by atoms with Crippen LogP contribution in [-0.2, 0) is 0 Å². The Morgan fingerprint density at radius 1 is 1.67 bits per heavy atom. The number of carboxylic acids is 1. The summed E-state index contributed by atoms with van der Waals surface area (Å²) in [5.74, 6) is -1.05. The van der Waals surface area contributed by atoms with Crippen LogP contribution in [0.4, 0.5) is 0 Å². The van der Waals surface area contributed by atoms with E-state index in [1.54, 1.807) is 6.92 Å². The Morgan fingerprint density at radius 2 is 2.40 bits per heavy atom. The van der Waals surface area contributed by atoms with Crippen LogP contribution >= 0.6 is 11.3 Å². The van der Waals surface area contributed by atoms with Crippen molar-refractivity contribution in [2.75, 3.05) is 0 Å². The molecule has 0 aromatic carbocycles.